The molecule has 0 radical (unpaired) electrons. The predicted octanol–water partition coefficient (Wildman–Crippen LogP) is 3.43. The fourth-order valence-electron chi connectivity index (χ4n) is 3.33. The van der Waals surface area contributed by atoms with Crippen molar-refractivity contribution in [1.29, 1.82) is 0 Å². The van der Waals surface area contributed by atoms with E-state index in [1.807, 2.05) is 0 Å². The van der Waals surface area contributed by atoms with E-state index in [1.165, 1.54) is 12.8 Å². The Kier molecular flexibility index (Phi) is 4.69. The molecule has 1 N–H and O–H groups in total. The van der Waals surface area contributed by atoms with Crippen LogP contribution in [0, 0.1) is 11.8 Å². The number of hydrogen-bond acceptors (Lipinski definition) is 2. The summed E-state index contributed by atoms with van der Waals surface area (Å²) in [5.41, 5.74) is 0.0526. The standard InChI is InChI=1S/C15H27F3N2/c1-11(2)13-9-20(8-4-7-15(16,17)18)14(3,10-19-13)12-5-6-12/h11-13,19H,4-10H2,1-3H3. The van der Waals surface area contributed by atoms with E-state index in [4.69, 9.17) is 0 Å². The predicted molar refractivity (Wildman–Crippen MR) is 74.6 cm³/mol. The van der Waals surface area contributed by atoms with Gasteiger partial charge in [-0.25, -0.2) is 0 Å². The van der Waals surface area contributed by atoms with Gasteiger partial charge < -0.3 is 5.32 Å². The monoisotopic (exact) mass is 292 g/mol. The van der Waals surface area contributed by atoms with Crippen LogP contribution in [0.2, 0.25) is 0 Å². The summed E-state index contributed by atoms with van der Waals surface area (Å²) in [6.45, 7) is 8.92. The van der Waals surface area contributed by atoms with Gasteiger partial charge in [0.2, 0.25) is 0 Å². The molecule has 1 aliphatic heterocycles. The Morgan fingerprint density at radius 2 is 1.95 bits per heavy atom. The number of rotatable bonds is 5. The fourth-order valence-corrected chi connectivity index (χ4v) is 3.33. The third-order valence-electron chi connectivity index (χ3n) is 5.01. The maximum Gasteiger partial charge on any atom is 0.389 e. The van der Waals surface area contributed by atoms with Crippen LogP contribution in [-0.4, -0.2) is 42.3 Å². The van der Waals surface area contributed by atoms with Gasteiger partial charge in [0, 0.05) is 31.1 Å². The zero-order chi connectivity index (χ0) is 15.0. The van der Waals surface area contributed by atoms with Crippen molar-refractivity contribution in [2.24, 2.45) is 11.8 Å². The van der Waals surface area contributed by atoms with Gasteiger partial charge in [-0.1, -0.05) is 13.8 Å². The smallest absolute Gasteiger partial charge is 0.311 e. The van der Waals surface area contributed by atoms with E-state index in [0.717, 1.165) is 13.1 Å². The molecule has 2 aliphatic rings. The summed E-state index contributed by atoms with van der Waals surface area (Å²) >= 11 is 0. The van der Waals surface area contributed by atoms with E-state index >= 15 is 0 Å². The molecule has 0 aromatic heterocycles. The van der Waals surface area contributed by atoms with Crippen LogP contribution in [0.15, 0.2) is 0 Å². The van der Waals surface area contributed by atoms with Gasteiger partial charge in [-0.3, -0.25) is 4.90 Å². The zero-order valence-corrected chi connectivity index (χ0v) is 12.8. The lowest BCUT2D eigenvalue weighted by Crippen LogP contribution is -2.65. The lowest BCUT2D eigenvalue weighted by molar-refractivity contribution is -0.137. The van der Waals surface area contributed by atoms with Crippen molar-refractivity contribution in [2.75, 3.05) is 19.6 Å². The molecular formula is C15H27F3N2. The third-order valence-corrected chi connectivity index (χ3v) is 5.01. The highest BCUT2D eigenvalue weighted by Crippen LogP contribution is 2.44. The molecule has 0 bridgehead atoms. The van der Waals surface area contributed by atoms with Crippen LogP contribution >= 0.6 is 0 Å². The van der Waals surface area contributed by atoms with Crippen molar-refractivity contribution in [1.82, 2.24) is 10.2 Å². The summed E-state index contributed by atoms with van der Waals surface area (Å²) in [6.07, 6.45) is -2.03. The van der Waals surface area contributed by atoms with Crippen molar-refractivity contribution in [3.05, 3.63) is 0 Å². The Bertz CT molecular complexity index is 326. The number of hydrogen-bond donors (Lipinski definition) is 1. The Morgan fingerprint density at radius 3 is 2.45 bits per heavy atom. The molecule has 1 saturated carbocycles. The maximum atomic E-state index is 12.3. The number of halogens is 3. The van der Waals surface area contributed by atoms with Crippen molar-refractivity contribution < 1.29 is 13.2 Å². The minimum Gasteiger partial charge on any atom is -0.311 e. The van der Waals surface area contributed by atoms with E-state index in [9.17, 15) is 13.2 Å². The summed E-state index contributed by atoms with van der Waals surface area (Å²) in [6, 6.07) is 0.396. The van der Waals surface area contributed by atoms with Crippen molar-refractivity contribution in [3.8, 4) is 0 Å². The molecule has 5 heteroatoms. The van der Waals surface area contributed by atoms with Gasteiger partial charge in [0.1, 0.15) is 0 Å². The van der Waals surface area contributed by atoms with E-state index < -0.39 is 12.6 Å². The first-order chi connectivity index (χ1) is 9.22. The fraction of sp³-hybridized carbons (Fsp3) is 1.00. The molecule has 0 aromatic carbocycles. The first-order valence-electron chi connectivity index (χ1n) is 7.77. The molecule has 1 aliphatic carbocycles. The highest BCUT2D eigenvalue weighted by Gasteiger charge is 2.48. The first-order valence-corrected chi connectivity index (χ1v) is 7.77. The highest BCUT2D eigenvalue weighted by molar-refractivity contribution is 5.05. The van der Waals surface area contributed by atoms with Crippen LogP contribution in [0.25, 0.3) is 0 Å². The van der Waals surface area contributed by atoms with E-state index in [-0.39, 0.29) is 12.0 Å². The normalized spacial score (nSPS) is 32.9. The number of alkyl halides is 3. The average molecular weight is 292 g/mol. The minimum atomic E-state index is -4.03. The summed E-state index contributed by atoms with van der Waals surface area (Å²) in [5, 5.41) is 3.60. The van der Waals surface area contributed by atoms with Crippen molar-refractivity contribution in [2.45, 2.75) is 64.2 Å². The lowest BCUT2D eigenvalue weighted by atomic mass is 9.87. The summed E-state index contributed by atoms with van der Waals surface area (Å²) < 4.78 is 37.0. The second-order valence-corrected chi connectivity index (χ2v) is 7.03. The molecule has 0 amide bonds. The molecule has 2 rings (SSSR count). The molecule has 118 valence electrons. The molecule has 1 heterocycles. The first kappa shape index (κ1) is 16.1. The summed E-state index contributed by atoms with van der Waals surface area (Å²) in [5.74, 6) is 1.18. The van der Waals surface area contributed by atoms with Crippen LogP contribution in [0.5, 0.6) is 0 Å². The Hall–Kier alpha value is -0.290. The molecule has 2 fully saturated rings. The zero-order valence-electron chi connectivity index (χ0n) is 12.8. The largest absolute Gasteiger partial charge is 0.389 e. The van der Waals surface area contributed by atoms with E-state index in [1.54, 1.807) is 0 Å². The van der Waals surface area contributed by atoms with Crippen LogP contribution in [-0.2, 0) is 0 Å². The maximum absolute atomic E-state index is 12.3. The van der Waals surface area contributed by atoms with Gasteiger partial charge in [0.05, 0.1) is 0 Å². The van der Waals surface area contributed by atoms with Crippen LogP contribution in [0.4, 0.5) is 13.2 Å². The second-order valence-electron chi connectivity index (χ2n) is 7.03. The van der Waals surface area contributed by atoms with Gasteiger partial charge in [0.25, 0.3) is 0 Å². The molecule has 2 unspecified atom stereocenters. The van der Waals surface area contributed by atoms with Crippen LogP contribution in [0.3, 0.4) is 0 Å². The molecular weight excluding hydrogens is 265 g/mol. The summed E-state index contributed by atoms with van der Waals surface area (Å²) in [7, 11) is 0. The SMILES string of the molecule is CC(C)C1CN(CCCC(F)(F)F)C(C)(C2CC2)CN1. The number of nitrogens with zero attached hydrogens (tertiary/aromatic N) is 1. The van der Waals surface area contributed by atoms with Crippen molar-refractivity contribution in [3.63, 3.8) is 0 Å². The Labute approximate surface area is 120 Å². The van der Waals surface area contributed by atoms with Gasteiger partial charge >= 0.3 is 6.18 Å². The van der Waals surface area contributed by atoms with Crippen molar-refractivity contribution >= 4 is 0 Å². The highest BCUT2D eigenvalue weighted by atomic mass is 19.4. The molecule has 2 nitrogen and oxygen atoms in total. The minimum absolute atomic E-state index is 0.0526. The average Bonchev–Trinajstić information content (AvgIpc) is 3.13. The number of piperazine rings is 1. The molecule has 0 aromatic rings. The van der Waals surface area contributed by atoms with Gasteiger partial charge in [0.15, 0.2) is 0 Å². The molecule has 0 spiro atoms. The lowest BCUT2D eigenvalue weighted by Gasteiger charge is -2.50. The van der Waals surface area contributed by atoms with E-state index in [0.29, 0.717) is 24.4 Å². The second kappa shape index (κ2) is 5.84. The molecule has 1 saturated heterocycles. The molecule has 20 heavy (non-hydrogen) atoms. The summed E-state index contributed by atoms with van der Waals surface area (Å²) in [4.78, 5) is 2.33. The van der Waals surface area contributed by atoms with Gasteiger partial charge in [-0.15, -0.1) is 0 Å². The number of nitrogens with one attached hydrogen (secondary N) is 1. The van der Waals surface area contributed by atoms with E-state index in [2.05, 4.69) is 31.0 Å². The van der Waals surface area contributed by atoms with Gasteiger partial charge in [-0.2, -0.15) is 13.2 Å². The third kappa shape index (κ3) is 3.88. The van der Waals surface area contributed by atoms with Gasteiger partial charge in [-0.05, 0) is 44.6 Å². The topological polar surface area (TPSA) is 15.3 Å². The Morgan fingerprint density at radius 1 is 1.30 bits per heavy atom. The quantitative estimate of drug-likeness (QED) is 0.835. The van der Waals surface area contributed by atoms with Crippen LogP contribution < -0.4 is 5.32 Å². The van der Waals surface area contributed by atoms with Crippen LogP contribution in [0.1, 0.15) is 46.5 Å². The molecule has 2 atom stereocenters. The Balaban J connectivity index is 1.95.